The van der Waals surface area contributed by atoms with E-state index in [2.05, 4.69) is 115 Å². The predicted molar refractivity (Wildman–Crippen MR) is 161 cm³/mol. The van der Waals surface area contributed by atoms with Gasteiger partial charge >= 0.3 is 0 Å². The van der Waals surface area contributed by atoms with E-state index >= 15 is 0 Å². The highest BCUT2D eigenvalue weighted by atomic mass is 16.5. The van der Waals surface area contributed by atoms with Crippen molar-refractivity contribution >= 4 is 11.3 Å². The summed E-state index contributed by atoms with van der Waals surface area (Å²) < 4.78 is 6.54. The Morgan fingerprint density at radius 2 is 1.19 bits per heavy atom. The number of ether oxygens (including phenoxy) is 1. The van der Waals surface area contributed by atoms with Gasteiger partial charge in [-0.05, 0) is 46.8 Å². The molecule has 0 bridgehead atoms. The van der Waals surface area contributed by atoms with Gasteiger partial charge in [0.2, 0.25) is 0 Å². The maximum absolute atomic E-state index is 6.54. The molecule has 2 aliphatic rings. The molecule has 1 nitrogen and oxygen atoms in total. The van der Waals surface area contributed by atoms with Gasteiger partial charge in [0.15, 0.2) is 0 Å². The molecule has 0 N–H and O–H groups in total. The molecule has 0 fully saturated rings. The van der Waals surface area contributed by atoms with Gasteiger partial charge in [0.25, 0.3) is 0 Å². The molecule has 37 heavy (non-hydrogen) atoms. The summed E-state index contributed by atoms with van der Waals surface area (Å²) >= 11 is 0. The smallest absolute Gasteiger partial charge is 0.115 e. The van der Waals surface area contributed by atoms with Gasteiger partial charge in [0.1, 0.15) is 5.76 Å². The Morgan fingerprint density at radius 1 is 0.595 bits per heavy atom. The quantitative estimate of drug-likeness (QED) is 0.311. The minimum Gasteiger partial charge on any atom is -0.496 e. The SMILES string of the molecule is C1=CC=C2C(CCCc3ccccc3)=c3ccccc3=C(OCCc3ccccc3)C2C=C1.CC.CC. The van der Waals surface area contributed by atoms with E-state index in [0.29, 0.717) is 6.61 Å². The van der Waals surface area contributed by atoms with E-state index in [9.17, 15) is 0 Å². The lowest BCUT2D eigenvalue weighted by Gasteiger charge is -2.27. The molecule has 0 heterocycles. The summed E-state index contributed by atoms with van der Waals surface area (Å²) in [4.78, 5) is 0. The van der Waals surface area contributed by atoms with Crippen molar-refractivity contribution in [3.05, 3.63) is 142 Å². The fourth-order valence-electron chi connectivity index (χ4n) is 4.89. The van der Waals surface area contributed by atoms with Crippen molar-refractivity contribution < 1.29 is 4.74 Å². The molecule has 0 spiro atoms. The van der Waals surface area contributed by atoms with E-state index in [-0.39, 0.29) is 5.92 Å². The third-order valence-corrected chi connectivity index (χ3v) is 6.51. The van der Waals surface area contributed by atoms with Crippen molar-refractivity contribution in [2.45, 2.75) is 53.4 Å². The van der Waals surface area contributed by atoms with E-state index in [1.165, 1.54) is 32.7 Å². The van der Waals surface area contributed by atoms with Crippen LogP contribution < -0.4 is 10.4 Å². The van der Waals surface area contributed by atoms with Gasteiger partial charge in [-0.2, -0.15) is 0 Å². The van der Waals surface area contributed by atoms with Crippen LogP contribution in [-0.4, -0.2) is 6.61 Å². The van der Waals surface area contributed by atoms with Crippen molar-refractivity contribution in [2.24, 2.45) is 5.92 Å². The summed E-state index contributed by atoms with van der Waals surface area (Å²) in [5.41, 5.74) is 5.55. The van der Waals surface area contributed by atoms with Gasteiger partial charge in [-0.15, -0.1) is 0 Å². The first kappa shape index (κ1) is 28.0. The first-order valence-electron chi connectivity index (χ1n) is 14.0. The molecule has 2 aliphatic carbocycles. The lowest BCUT2D eigenvalue weighted by atomic mass is 9.81. The van der Waals surface area contributed by atoms with Crippen LogP contribution in [0.2, 0.25) is 0 Å². The first-order valence-corrected chi connectivity index (χ1v) is 14.0. The van der Waals surface area contributed by atoms with Gasteiger partial charge in [0.05, 0.1) is 12.5 Å². The highest BCUT2D eigenvalue weighted by molar-refractivity contribution is 5.75. The van der Waals surface area contributed by atoms with Gasteiger partial charge < -0.3 is 4.74 Å². The maximum Gasteiger partial charge on any atom is 0.115 e. The van der Waals surface area contributed by atoms with Crippen LogP contribution in [0, 0.1) is 5.92 Å². The summed E-state index contributed by atoms with van der Waals surface area (Å²) in [7, 11) is 0. The monoisotopic (exact) mass is 490 g/mol. The number of allylic oxidation sites excluding steroid dienone is 4. The average Bonchev–Trinajstić information content (AvgIpc) is 3.23. The van der Waals surface area contributed by atoms with E-state index in [4.69, 9.17) is 4.74 Å². The van der Waals surface area contributed by atoms with Crippen molar-refractivity contribution in [1.29, 1.82) is 0 Å². The molecule has 1 unspecified atom stereocenters. The summed E-state index contributed by atoms with van der Waals surface area (Å²) in [6, 6.07) is 30.2. The number of rotatable bonds is 8. The Labute approximate surface area is 224 Å². The Morgan fingerprint density at radius 3 is 1.86 bits per heavy atom. The number of hydrogen-bond acceptors (Lipinski definition) is 1. The minimum absolute atomic E-state index is 0.164. The van der Waals surface area contributed by atoms with Crippen molar-refractivity contribution in [3.8, 4) is 0 Å². The Hall–Kier alpha value is -3.58. The molecule has 3 aromatic rings. The zero-order valence-electron chi connectivity index (χ0n) is 23.0. The highest BCUT2D eigenvalue weighted by Crippen LogP contribution is 2.34. The third-order valence-electron chi connectivity index (χ3n) is 6.51. The largest absolute Gasteiger partial charge is 0.496 e. The standard InChI is InChI=1S/C32H30O.2C2H6/c1-4-13-25(14-5-1)17-12-22-27-28-18-8-3-9-20-30(28)32(31-21-11-10-19-29(27)31)33-24-23-26-15-6-2-7-16-26;2*1-2/h1-11,13-16,18-21,30H,12,17,22-24H2;2*1-2H3. The van der Waals surface area contributed by atoms with Crippen molar-refractivity contribution in [3.63, 3.8) is 0 Å². The topological polar surface area (TPSA) is 9.23 Å². The van der Waals surface area contributed by atoms with Gasteiger partial charge in [-0.1, -0.05) is 143 Å². The molecule has 0 saturated heterocycles. The van der Waals surface area contributed by atoms with Crippen LogP contribution >= 0.6 is 0 Å². The third kappa shape index (κ3) is 7.46. The Bertz CT molecular complexity index is 1290. The predicted octanol–water partition coefficient (Wildman–Crippen LogP) is 7.96. The fourth-order valence-corrected chi connectivity index (χ4v) is 4.89. The van der Waals surface area contributed by atoms with E-state index in [1.807, 2.05) is 27.7 Å². The molecule has 1 atom stereocenters. The van der Waals surface area contributed by atoms with Crippen LogP contribution in [0.15, 0.2) is 121 Å². The molecular formula is C36H42O. The zero-order valence-corrected chi connectivity index (χ0v) is 23.0. The van der Waals surface area contributed by atoms with Crippen molar-refractivity contribution in [2.75, 3.05) is 6.61 Å². The van der Waals surface area contributed by atoms with Crippen LogP contribution in [0.3, 0.4) is 0 Å². The van der Waals surface area contributed by atoms with Gasteiger partial charge in [0, 0.05) is 11.6 Å². The van der Waals surface area contributed by atoms with Crippen LogP contribution in [0.1, 0.15) is 51.7 Å². The highest BCUT2D eigenvalue weighted by Gasteiger charge is 2.26. The molecule has 0 radical (unpaired) electrons. The molecule has 0 aliphatic heterocycles. The normalized spacial score (nSPS) is 15.1. The average molecular weight is 491 g/mol. The van der Waals surface area contributed by atoms with E-state index in [1.54, 1.807) is 0 Å². The maximum atomic E-state index is 6.54. The number of benzene rings is 3. The fraction of sp³-hybridized carbons (Fsp3) is 0.278. The molecule has 0 aromatic heterocycles. The van der Waals surface area contributed by atoms with Crippen LogP contribution in [-0.2, 0) is 17.6 Å². The summed E-state index contributed by atoms with van der Waals surface area (Å²) in [5.74, 6) is 1.25. The number of hydrogen-bond donors (Lipinski definition) is 0. The lowest BCUT2D eigenvalue weighted by molar-refractivity contribution is 0.259. The van der Waals surface area contributed by atoms with Gasteiger partial charge in [-0.25, -0.2) is 0 Å². The number of aryl methyl sites for hydroxylation is 1. The molecule has 5 rings (SSSR count). The molecule has 3 aromatic carbocycles. The summed E-state index contributed by atoms with van der Waals surface area (Å²) in [5, 5.41) is 2.57. The Balaban J connectivity index is 0.000000907. The second-order valence-corrected chi connectivity index (χ2v) is 8.68. The van der Waals surface area contributed by atoms with E-state index < -0.39 is 0 Å². The lowest BCUT2D eigenvalue weighted by Crippen LogP contribution is -2.37. The first-order chi connectivity index (χ1) is 18.4. The van der Waals surface area contributed by atoms with Crippen LogP contribution in [0.5, 0.6) is 0 Å². The summed E-state index contributed by atoms with van der Waals surface area (Å²) in [6.45, 7) is 8.68. The number of fused-ring (bicyclic) bond motifs is 2. The zero-order chi connectivity index (χ0) is 26.3. The molecular weight excluding hydrogens is 448 g/mol. The second-order valence-electron chi connectivity index (χ2n) is 8.68. The summed E-state index contributed by atoms with van der Waals surface area (Å²) in [6.07, 6.45) is 15.2. The van der Waals surface area contributed by atoms with Crippen molar-refractivity contribution in [1.82, 2.24) is 0 Å². The van der Waals surface area contributed by atoms with E-state index in [0.717, 1.165) is 31.4 Å². The van der Waals surface area contributed by atoms with Gasteiger partial charge in [-0.3, -0.25) is 0 Å². The molecule has 192 valence electrons. The van der Waals surface area contributed by atoms with Crippen LogP contribution in [0.25, 0.3) is 11.3 Å². The molecule has 0 saturated carbocycles. The van der Waals surface area contributed by atoms with Crippen LogP contribution in [0.4, 0.5) is 0 Å². The minimum atomic E-state index is 0.164. The Kier molecular flexibility index (Phi) is 11.7. The molecule has 1 heteroatoms. The second kappa shape index (κ2) is 15.5. The molecule has 0 amide bonds.